The van der Waals surface area contributed by atoms with Gasteiger partial charge < -0.3 is 9.64 Å². The lowest BCUT2D eigenvalue weighted by atomic mass is 9.82. The molecule has 2 aliphatic heterocycles. The van der Waals surface area contributed by atoms with Gasteiger partial charge in [-0.3, -0.25) is 9.59 Å². The Morgan fingerprint density at radius 2 is 2.05 bits per heavy atom. The Hall–Kier alpha value is -1.81. The van der Waals surface area contributed by atoms with Crippen LogP contribution in [0.5, 0.6) is 5.75 Å². The van der Waals surface area contributed by atoms with E-state index in [1.165, 1.54) is 0 Å². The molecular weight excluding hydrogens is 302 g/mol. The van der Waals surface area contributed by atoms with Crippen molar-refractivity contribution < 1.29 is 14.3 Å². The van der Waals surface area contributed by atoms with Crippen LogP contribution < -0.4 is 4.74 Å². The molecule has 1 aromatic carbocycles. The van der Waals surface area contributed by atoms with Gasteiger partial charge in [0.1, 0.15) is 11.4 Å². The largest absolute Gasteiger partial charge is 0.486 e. The summed E-state index contributed by atoms with van der Waals surface area (Å²) in [5.74, 6) is 0.632. The zero-order valence-electron chi connectivity index (χ0n) is 12.5. The number of hydrogen-bond donors (Lipinski definition) is 0. The first kappa shape index (κ1) is 15.1. The van der Waals surface area contributed by atoms with Gasteiger partial charge in [0.25, 0.3) is 0 Å². The van der Waals surface area contributed by atoms with E-state index in [1.807, 2.05) is 0 Å². The molecule has 0 saturated carbocycles. The smallest absolute Gasteiger partial charge is 0.248 e. The van der Waals surface area contributed by atoms with E-state index >= 15 is 0 Å². The molecule has 1 fully saturated rings. The molecular formula is C17H18ClNO3. The third-order valence-electron chi connectivity index (χ3n) is 4.38. The maximum Gasteiger partial charge on any atom is 0.248 e. The molecule has 1 spiro atoms. The Morgan fingerprint density at radius 3 is 2.68 bits per heavy atom. The van der Waals surface area contributed by atoms with Crippen LogP contribution >= 0.6 is 11.6 Å². The topological polar surface area (TPSA) is 46.6 Å². The standard InChI is InChI=1S/C17H18ClNO3/c1-11(2)16(21)19-7-5-17(6-8-19)10-14(20)13-9-12(18)3-4-15(13)22-17/h3-4,9H,1,5-8,10H2,2H3. The SMILES string of the molecule is C=C(C)C(=O)N1CCC2(CC1)CC(=O)c1cc(Cl)ccc1O2. The second-order valence-electron chi connectivity index (χ2n) is 6.10. The number of carbonyl (C=O) groups is 2. The number of amides is 1. The van der Waals surface area contributed by atoms with Crippen molar-refractivity contribution in [2.75, 3.05) is 13.1 Å². The molecule has 0 bridgehead atoms. The molecule has 0 aromatic heterocycles. The summed E-state index contributed by atoms with van der Waals surface area (Å²) in [6.45, 7) is 6.58. The van der Waals surface area contributed by atoms with Crippen molar-refractivity contribution in [1.82, 2.24) is 4.90 Å². The molecule has 1 amide bonds. The van der Waals surface area contributed by atoms with Gasteiger partial charge >= 0.3 is 0 Å². The summed E-state index contributed by atoms with van der Waals surface area (Å²) in [5.41, 5.74) is 0.596. The number of fused-ring (bicyclic) bond motifs is 1. The Morgan fingerprint density at radius 1 is 1.36 bits per heavy atom. The summed E-state index contributed by atoms with van der Waals surface area (Å²) < 4.78 is 6.13. The van der Waals surface area contributed by atoms with E-state index in [0.717, 1.165) is 0 Å². The summed E-state index contributed by atoms with van der Waals surface area (Å²) in [7, 11) is 0. The Balaban J connectivity index is 1.78. The molecule has 0 unspecified atom stereocenters. The number of piperidine rings is 1. The predicted octanol–water partition coefficient (Wildman–Crippen LogP) is 3.24. The summed E-state index contributed by atoms with van der Waals surface area (Å²) >= 11 is 5.94. The molecule has 0 atom stereocenters. The molecule has 2 heterocycles. The van der Waals surface area contributed by atoms with Gasteiger partial charge in [0, 0.05) is 36.5 Å². The van der Waals surface area contributed by atoms with Crippen LogP contribution in [-0.4, -0.2) is 35.3 Å². The molecule has 4 nitrogen and oxygen atoms in total. The van der Waals surface area contributed by atoms with Gasteiger partial charge in [0.05, 0.1) is 12.0 Å². The third kappa shape index (κ3) is 2.63. The van der Waals surface area contributed by atoms with Crippen molar-refractivity contribution in [2.45, 2.75) is 31.8 Å². The Kier molecular flexibility index (Phi) is 3.73. The molecule has 1 saturated heterocycles. The molecule has 116 valence electrons. The van der Waals surface area contributed by atoms with E-state index in [1.54, 1.807) is 30.0 Å². The fourth-order valence-corrected chi connectivity index (χ4v) is 3.30. The van der Waals surface area contributed by atoms with Gasteiger partial charge in [-0.1, -0.05) is 18.2 Å². The number of Topliss-reactive ketones (excluding diaryl/α,β-unsaturated/α-hetero) is 1. The average molecular weight is 320 g/mol. The Labute approximate surface area is 134 Å². The first-order chi connectivity index (χ1) is 10.4. The van der Waals surface area contributed by atoms with E-state index in [0.29, 0.717) is 54.3 Å². The number of likely N-dealkylation sites (tertiary alicyclic amines) is 1. The average Bonchev–Trinajstić information content (AvgIpc) is 2.48. The molecule has 5 heteroatoms. The van der Waals surface area contributed by atoms with Gasteiger partial charge in [0.15, 0.2) is 5.78 Å². The van der Waals surface area contributed by atoms with E-state index in [2.05, 4.69) is 6.58 Å². The highest BCUT2D eigenvalue weighted by Gasteiger charge is 2.43. The van der Waals surface area contributed by atoms with Crippen LogP contribution in [0.4, 0.5) is 0 Å². The minimum Gasteiger partial charge on any atom is -0.486 e. The number of ketones is 1. The minimum atomic E-state index is -0.496. The van der Waals surface area contributed by atoms with Gasteiger partial charge in [-0.15, -0.1) is 0 Å². The molecule has 0 radical (unpaired) electrons. The van der Waals surface area contributed by atoms with Crippen molar-refractivity contribution >= 4 is 23.3 Å². The van der Waals surface area contributed by atoms with Crippen LogP contribution in [-0.2, 0) is 4.79 Å². The number of rotatable bonds is 1. The van der Waals surface area contributed by atoms with Crippen molar-refractivity contribution in [3.63, 3.8) is 0 Å². The number of benzene rings is 1. The summed E-state index contributed by atoms with van der Waals surface area (Å²) in [4.78, 5) is 26.2. The monoisotopic (exact) mass is 319 g/mol. The highest BCUT2D eigenvalue weighted by Crippen LogP contribution is 2.40. The number of carbonyl (C=O) groups excluding carboxylic acids is 2. The first-order valence-corrected chi connectivity index (χ1v) is 7.75. The summed E-state index contributed by atoms with van der Waals surface area (Å²) in [6.07, 6.45) is 1.65. The molecule has 2 aliphatic rings. The van der Waals surface area contributed by atoms with E-state index in [4.69, 9.17) is 16.3 Å². The lowest BCUT2D eigenvalue weighted by molar-refractivity contribution is -0.130. The van der Waals surface area contributed by atoms with E-state index < -0.39 is 5.60 Å². The minimum absolute atomic E-state index is 0.0239. The van der Waals surface area contributed by atoms with Gasteiger partial charge in [-0.25, -0.2) is 0 Å². The van der Waals surface area contributed by atoms with Crippen molar-refractivity contribution in [3.05, 3.63) is 40.9 Å². The maximum atomic E-state index is 12.4. The summed E-state index contributed by atoms with van der Waals surface area (Å²) in [5, 5.41) is 0.536. The fourth-order valence-electron chi connectivity index (χ4n) is 3.13. The lowest BCUT2D eigenvalue weighted by Crippen LogP contribution is -2.52. The van der Waals surface area contributed by atoms with E-state index in [9.17, 15) is 9.59 Å². The maximum absolute atomic E-state index is 12.4. The normalized spacial score (nSPS) is 19.5. The van der Waals surface area contributed by atoms with Crippen LogP contribution in [0, 0.1) is 0 Å². The van der Waals surface area contributed by atoms with Gasteiger partial charge in [-0.05, 0) is 25.1 Å². The molecule has 0 N–H and O–H groups in total. The number of nitrogens with zero attached hydrogens (tertiary/aromatic N) is 1. The molecule has 0 aliphatic carbocycles. The van der Waals surface area contributed by atoms with Crippen LogP contribution in [0.15, 0.2) is 30.4 Å². The second-order valence-corrected chi connectivity index (χ2v) is 6.53. The zero-order valence-corrected chi connectivity index (χ0v) is 13.3. The van der Waals surface area contributed by atoms with E-state index in [-0.39, 0.29) is 11.7 Å². The zero-order chi connectivity index (χ0) is 15.9. The lowest BCUT2D eigenvalue weighted by Gasteiger charge is -2.44. The van der Waals surface area contributed by atoms with Crippen LogP contribution in [0.1, 0.15) is 36.5 Å². The number of halogens is 1. The van der Waals surface area contributed by atoms with Crippen molar-refractivity contribution in [2.24, 2.45) is 0 Å². The highest BCUT2D eigenvalue weighted by molar-refractivity contribution is 6.31. The quantitative estimate of drug-likeness (QED) is 0.747. The third-order valence-corrected chi connectivity index (χ3v) is 4.61. The van der Waals surface area contributed by atoms with Crippen molar-refractivity contribution in [3.8, 4) is 5.75 Å². The Bertz CT molecular complexity index is 660. The molecule has 22 heavy (non-hydrogen) atoms. The number of hydrogen-bond acceptors (Lipinski definition) is 3. The second kappa shape index (κ2) is 5.43. The highest BCUT2D eigenvalue weighted by atomic mass is 35.5. The van der Waals surface area contributed by atoms with Crippen LogP contribution in [0.25, 0.3) is 0 Å². The van der Waals surface area contributed by atoms with Crippen LogP contribution in [0.2, 0.25) is 5.02 Å². The van der Waals surface area contributed by atoms with Gasteiger partial charge in [0.2, 0.25) is 5.91 Å². The van der Waals surface area contributed by atoms with Gasteiger partial charge in [-0.2, -0.15) is 0 Å². The summed E-state index contributed by atoms with van der Waals surface area (Å²) in [6, 6.07) is 5.14. The first-order valence-electron chi connectivity index (χ1n) is 7.37. The molecule has 1 aromatic rings. The number of ether oxygens (including phenoxy) is 1. The fraction of sp³-hybridized carbons (Fsp3) is 0.412. The van der Waals surface area contributed by atoms with Crippen LogP contribution in [0.3, 0.4) is 0 Å². The predicted molar refractivity (Wildman–Crippen MR) is 84.4 cm³/mol. The van der Waals surface area contributed by atoms with Crippen molar-refractivity contribution in [1.29, 1.82) is 0 Å². The molecule has 3 rings (SSSR count).